The topological polar surface area (TPSA) is 63.6 Å². The van der Waals surface area contributed by atoms with E-state index in [0.717, 1.165) is 6.42 Å². The summed E-state index contributed by atoms with van der Waals surface area (Å²) in [5, 5.41) is 8.90. The van der Waals surface area contributed by atoms with Crippen molar-refractivity contribution in [3.63, 3.8) is 0 Å². The number of carboxylic acids is 1. The molecule has 4 nitrogen and oxygen atoms in total. The van der Waals surface area contributed by atoms with Crippen LogP contribution in [-0.2, 0) is 4.74 Å². The average molecular weight is 280 g/mol. The van der Waals surface area contributed by atoms with Gasteiger partial charge in [-0.3, -0.25) is 0 Å². The van der Waals surface area contributed by atoms with E-state index in [9.17, 15) is 9.59 Å². The summed E-state index contributed by atoms with van der Waals surface area (Å²) in [6.45, 7) is 8.41. The zero-order valence-electron chi connectivity index (χ0n) is 11.8. The molecule has 0 spiro atoms. The predicted octanol–water partition coefficient (Wildman–Crippen LogP) is 3.20. The quantitative estimate of drug-likeness (QED) is 0.664. The molecule has 0 bridgehead atoms. The SMILES string of the molecule is CCC(OC(=O)c1cccc(C(=O)O)c1)[Si](C)(C)C. The number of hydrogen-bond donors (Lipinski definition) is 1. The molecule has 0 saturated carbocycles. The van der Waals surface area contributed by atoms with Crippen molar-refractivity contribution in [2.75, 3.05) is 0 Å². The summed E-state index contributed by atoms with van der Waals surface area (Å²) in [4.78, 5) is 22.9. The van der Waals surface area contributed by atoms with E-state index in [0.29, 0.717) is 0 Å². The molecular formula is C14H20O4Si. The molecule has 1 unspecified atom stereocenters. The molecule has 1 N–H and O–H groups in total. The highest BCUT2D eigenvalue weighted by Crippen LogP contribution is 2.17. The van der Waals surface area contributed by atoms with Crippen molar-refractivity contribution in [1.29, 1.82) is 0 Å². The van der Waals surface area contributed by atoms with Gasteiger partial charge in [0.05, 0.1) is 24.9 Å². The average Bonchev–Trinajstić information content (AvgIpc) is 2.34. The van der Waals surface area contributed by atoms with Crippen LogP contribution in [0.4, 0.5) is 0 Å². The smallest absolute Gasteiger partial charge is 0.338 e. The lowest BCUT2D eigenvalue weighted by atomic mass is 10.1. The van der Waals surface area contributed by atoms with Crippen LogP contribution in [0.1, 0.15) is 34.1 Å². The van der Waals surface area contributed by atoms with E-state index in [-0.39, 0.29) is 16.9 Å². The molecule has 0 heterocycles. The Kier molecular flexibility index (Phi) is 4.88. The first-order chi connectivity index (χ1) is 8.75. The molecule has 19 heavy (non-hydrogen) atoms. The maximum absolute atomic E-state index is 12.0. The molecular weight excluding hydrogens is 260 g/mol. The van der Waals surface area contributed by atoms with Crippen LogP contribution in [-0.4, -0.2) is 30.8 Å². The number of benzene rings is 1. The molecule has 1 atom stereocenters. The van der Waals surface area contributed by atoms with E-state index in [2.05, 4.69) is 19.6 Å². The van der Waals surface area contributed by atoms with Gasteiger partial charge < -0.3 is 9.84 Å². The summed E-state index contributed by atoms with van der Waals surface area (Å²) in [5.41, 5.74) is 0.320. The van der Waals surface area contributed by atoms with Gasteiger partial charge in [-0.1, -0.05) is 32.6 Å². The predicted molar refractivity (Wildman–Crippen MR) is 76.2 cm³/mol. The van der Waals surface area contributed by atoms with Gasteiger partial charge in [-0.05, 0) is 24.6 Å². The molecule has 0 aromatic heterocycles. The van der Waals surface area contributed by atoms with Crippen LogP contribution in [0, 0.1) is 0 Å². The minimum Gasteiger partial charge on any atom is -0.478 e. The van der Waals surface area contributed by atoms with Crippen LogP contribution in [0.5, 0.6) is 0 Å². The van der Waals surface area contributed by atoms with Crippen molar-refractivity contribution in [2.45, 2.75) is 38.7 Å². The first kappa shape index (κ1) is 15.4. The summed E-state index contributed by atoms with van der Waals surface area (Å²) in [7, 11) is -1.58. The number of carbonyl (C=O) groups excluding carboxylic acids is 1. The summed E-state index contributed by atoms with van der Waals surface area (Å²) in [6.07, 6.45) is 0.778. The van der Waals surface area contributed by atoms with Gasteiger partial charge in [0.25, 0.3) is 0 Å². The molecule has 0 aliphatic heterocycles. The summed E-state index contributed by atoms with van der Waals surface area (Å²) >= 11 is 0. The zero-order valence-corrected chi connectivity index (χ0v) is 12.8. The van der Waals surface area contributed by atoms with E-state index in [1.54, 1.807) is 12.1 Å². The monoisotopic (exact) mass is 280 g/mol. The van der Waals surface area contributed by atoms with Gasteiger partial charge in [0.15, 0.2) is 0 Å². The molecule has 1 rings (SSSR count). The number of aromatic carboxylic acids is 1. The molecule has 0 radical (unpaired) electrons. The highest BCUT2D eigenvalue weighted by molar-refractivity contribution is 6.77. The number of ether oxygens (including phenoxy) is 1. The second kappa shape index (κ2) is 6.01. The second-order valence-electron chi connectivity index (χ2n) is 5.55. The minimum absolute atomic E-state index is 0.0616. The van der Waals surface area contributed by atoms with Crippen LogP contribution >= 0.6 is 0 Å². The van der Waals surface area contributed by atoms with Crippen molar-refractivity contribution in [1.82, 2.24) is 0 Å². The van der Waals surface area contributed by atoms with Crippen molar-refractivity contribution >= 4 is 20.0 Å². The van der Waals surface area contributed by atoms with Crippen molar-refractivity contribution in [2.24, 2.45) is 0 Å². The van der Waals surface area contributed by atoms with Crippen LogP contribution in [0.25, 0.3) is 0 Å². The maximum atomic E-state index is 12.0. The number of carboxylic acid groups (broad SMARTS) is 1. The normalized spacial score (nSPS) is 12.8. The lowest BCUT2D eigenvalue weighted by Gasteiger charge is -2.27. The third-order valence-electron chi connectivity index (χ3n) is 2.93. The van der Waals surface area contributed by atoms with Gasteiger partial charge in [-0.25, -0.2) is 9.59 Å². The van der Waals surface area contributed by atoms with Crippen molar-refractivity contribution in [3.8, 4) is 0 Å². The van der Waals surface area contributed by atoms with Crippen LogP contribution < -0.4 is 0 Å². The van der Waals surface area contributed by atoms with E-state index >= 15 is 0 Å². The van der Waals surface area contributed by atoms with Gasteiger partial charge in [-0.2, -0.15) is 0 Å². The lowest BCUT2D eigenvalue weighted by molar-refractivity contribution is 0.0424. The molecule has 104 valence electrons. The molecule has 0 aliphatic rings. The van der Waals surface area contributed by atoms with Gasteiger partial charge in [-0.15, -0.1) is 0 Å². The summed E-state index contributed by atoms with van der Waals surface area (Å²) < 4.78 is 5.51. The van der Waals surface area contributed by atoms with E-state index < -0.39 is 20.0 Å². The van der Waals surface area contributed by atoms with E-state index in [1.165, 1.54) is 12.1 Å². The van der Waals surface area contributed by atoms with Crippen LogP contribution in [0.3, 0.4) is 0 Å². The van der Waals surface area contributed by atoms with Gasteiger partial charge in [0.1, 0.15) is 0 Å². The third-order valence-corrected chi connectivity index (χ3v) is 5.39. The number of rotatable bonds is 5. The summed E-state index contributed by atoms with van der Waals surface area (Å²) in [6, 6.07) is 5.93. The van der Waals surface area contributed by atoms with Gasteiger partial charge >= 0.3 is 11.9 Å². The van der Waals surface area contributed by atoms with Crippen LogP contribution in [0.2, 0.25) is 19.6 Å². The first-order valence-corrected chi connectivity index (χ1v) is 9.87. The van der Waals surface area contributed by atoms with Gasteiger partial charge in [0, 0.05) is 0 Å². The molecule has 0 aliphatic carbocycles. The lowest BCUT2D eigenvalue weighted by Crippen LogP contribution is -2.41. The highest BCUT2D eigenvalue weighted by atomic mass is 28.3. The standard InChI is InChI=1S/C14H20O4Si/c1-5-12(19(2,3)4)18-14(17)11-8-6-7-10(9-11)13(15)16/h6-9,12H,5H2,1-4H3,(H,15,16). The molecule has 1 aromatic carbocycles. The van der Waals surface area contributed by atoms with Crippen molar-refractivity contribution in [3.05, 3.63) is 35.4 Å². The second-order valence-corrected chi connectivity index (χ2v) is 10.9. The first-order valence-electron chi connectivity index (χ1n) is 6.30. The Hall–Kier alpha value is -1.62. The Morgan fingerprint density at radius 1 is 1.26 bits per heavy atom. The zero-order chi connectivity index (χ0) is 14.6. The molecule has 0 amide bonds. The Morgan fingerprint density at radius 2 is 1.84 bits per heavy atom. The highest BCUT2D eigenvalue weighted by Gasteiger charge is 2.29. The van der Waals surface area contributed by atoms with Gasteiger partial charge in [0.2, 0.25) is 0 Å². The number of carbonyl (C=O) groups is 2. The van der Waals surface area contributed by atoms with Crippen molar-refractivity contribution < 1.29 is 19.4 Å². The molecule has 0 saturated heterocycles. The van der Waals surface area contributed by atoms with E-state index in [1.807, 2.05) is 6.92 Å². The largest absolute Gasteiger partial charge is 0.478 e. The Morgan fingerprint density at radius 3 is 2.32 bits per heavy atom. The molecule has 0 fully saturated rings. The van der Waals surface area contributed by atoms with E-state index in [4.69, 9.17) is 9.84 Å². The fourth-order valence-corrected chi connectivity index (χ4v) is 3.53. The number of hydrogen-bond acceptors (Lipinski definition) is 3. The number of esters is 1. The fraction of sp³-hybridized carbons (Fsp3) is 0.429. The third kappa shape index (κ3) is 4.20. The minimum atomic E-state index is -1.58. The molecule has 5 heteroatoms. The molecule has 1 aromatic rings. The summed E-state index contributed by atoms with van der Waals surface area (Å²) in [5.74, 6) is -1.50. The van der Waals surface area contributed by atoms with Crippen LogP contribution in [0.15, 0.2) is 24.3 Å². The fourth-order valence-electron chi connectivity index (χ4n) is 1.85. The Labute approximate surface area is 114 Å². The maximum Gasteiger partial charge on any atom is 0.338 e. The Balaban J connectivity index is 2.89. The Bertz CT molecular complexity index is 477.